The number of rotatable bonds is 15. The number of esters is 2. The van der Waals surface area contributed by atoms with E-state index in [0.29, 0.717) is 36.5 Å². The van der Waals surface area contributed by atoms with Crippen molar-refractivity contribution in [1.29, 1.82) is 0 Å². The van der Waals surface area contributed by atoms with E-state index in [1.165, 1.54) is 19.7 Å². The van der Waals surface area contributed by atoms with Crippen LogP contribution in [0.2, 0.25) is 51.4 Å². The Bertz CT molecular complexity index is 1890. The van der Waals surface area contributed by atoms with E-state index in [-0.39, 0.29) is 18.5 Å². The summed E-state index contributed by atoms with van der Waals surface area (Å²) in [6.07, 6.45) is 0.412. The minimum Gasteiger partial charge on any atom is -0.462 e. The zero-order valence-electron chi connectivity index (χ0n) is 39.0. The maximum absolute atomic E-state index is 13.0. The summed E-state index contributed by atoms with van der Waals surface area (Å²) in [5.41, 5.74) is 5.93. The number of aryl methyl sites for hydroxylation is 2. The Labute approximate surface area is 373 Å². The van der Waals surface area contributed by atoms with Crippen LogP contribution < -0.4 is 0 Å². The average molecular weight is 930 g/mol. The second-order valence-corrected chi connectivity index (χ2v) is 29.6. The second kappa shape index (κ2) is 28.4. The van der Waals surface area contributed by atoms with E-state index in [9.17, 15) is 9.59 Å². The zero-order chi connectivity index (χ0) is 45.7. The molecule has 1 N–H and O–H groups in total. The van der Waals surface area contributed by atoms with Gasteiger partial charge >= 0.3 is 11.9 Å². The molecule has 0 atom stereocenters. The maximum Gasteiger partial charge on any atom is 0.338 e. The number of hydrogen-bond acceptors (Lipinski definition) is 7. The number of carbonyl (C=O) groups is 2. The van der Waals surface area contributed by atoms with Gasteiger partial charge in [-0.05, 0) is 84.6 Å². The molecule has 4 rings (SSSR count). The lowest BCUT2D eigenvalue weighted by Crippen LogP contribution is -2.23. The van der Waals surface area contributed by atoms with Crippen LogP contribution in [0.3, 0.4) is 0 Å². The van der Waals surface area contributed by atoms with Crippen LogP contribution in [0, 0.1) is 25.7 Å². The quantitative estimate of drug-likeness (QED) is 0.0551. The molecular formula is C48H69BrO5S2Si2. The van der Waals surface area contributed by atoms with E-state index in [2.05, 4.69) is 91.3 Å². The molecule has 4 aromatic rings. The molecule has 0 radical (unpaired) electrons. The molecule has 58 heavy (non-hydrogen) atoms. The van der Waals surface area contributed by atoms with Crippen LogP contribution in [-0.2, 0) is 21.0 Å². The van der Waals surface area contributed by atoms with Gasteiger partial charge in [0, 0.05) is 56.6 Å². The highest BCUT2D eigenvalue weighted by molar-refractivity contribution is 9.10. The lowest BCUT2D eigenvalue weighted by Gasteiger charge is -2.17. The first-order chi connectivity index (χ1) is 28.6. The molecule has 0 aliphatic rings. The Hall–Kier alpha value is -3.05. The molecule has 318 valence electrons. The Morgan fingerprint density at radius 2 is 1.10 bits per heavy atom. The van der Waals surface area contributed by atoms with Gasteiger partial charge in [-0.1, -0.05) is 144 Å². The SMILES string of the molecule is CC.Cc1ccc(Br)c(CSc2ccccc2)c1C(=O)OCC[Si](C)(C)C.Cc1ccc(C#CCCO)c(CSc2ccccc2)c1C(=O)OCC[Si](C)(C)C.[3H]C.[3H]C. The van der Waals surface area contributed by atoms with Crippen LogP contribution in [0.15, 0.2) is 99.2 Å². The van der Waals surface area contributed by atoms with Crippen LogP contribution in [0.5, 0.6) is 0 Å². The molecule has 0 aliphatic heterocycles. The van der Waals surface area contributed by atoms with Crippen molar-refractivity contribution < 1.29 is 26.9 Å². The number of aliphatic hydroxyl groups is 1. The van der Waals surface area contributed by atoms with Gasteiger partial charge in [-0.2, -0.15) is 0 Å². The minimum absolute atomic E-state index is 0.0263. The van der Waals surface area contributed by atoms with Crippen LogP contribution in [0.25, 0.3) is 0 Å². The van der Waals surface area contributed by atoms with Crippen molar-refractivity contribution in [3.05, 3.63) is 128 Å². The van der Waals surface area contributed by atoms with E-state index in [1.807, 2.05) is 88.4 Å². The Kier molecular flexibility index (Phi) is 25.0. The standard InChI is InChI=1S/C24H30O3SSi.C20H25BrO2SSi.C2H6.2CH4/c1-19-13-14-20(10-8-9-15-25)22(18-28-21-11-6-5-7-12-21)23(19)24(26)27-16-17-29(2,3)4;1-15-10-11-18(21)17(14-24-16-8-6-5-7-9-16)19(15)20(22)23-12-13-25(2,3)4;1-2;;/h5-7,11-14,25H,9,15-18H2,1-4H3;5-11H,12-14H2,1-4H3;1-2H3;2*1H4/i;;;2*1T. The Morgan fingerprint density at radius 3 is 1.53 bits per heavy atom. The van der Waals surface area contributed by atoms with Gasteiger partial charge in [0.15, 0.2) is 0 Å². The van der Waals surface area contributed by atoms with Gasteiger partial charge in [0.25, 0.3) is 0 Å². The summed E-state index contributed by atoms with van der Waals surface area (Å²) < 4.78 is 23.7. The summed E-state index contributed by atoms with van der Waals surface area (Å²) in [6.45, 7) is 22.6. The molecule has 0 unspecified atom stereocenters. The third kappa shape index (κ3) is 20.3. The summed E-state index contributed by atoms with van der Waals surface area (Å²) in [6, 6.07) is 30.1. The van der Waals surface area contributed by atoms with Crippen LogP contribution in [0.4, 0.5) is 0 Å². The lowest BCUT2D eigenvalue weighted by atomic mass is 9.97. The smallest absolute Gasteiger partial charge is 0.338 e. The maximum atomic E-state index is 13.0. The van der Waals surface area contributed by atoms with Crippen molar-refractivity contribution in [2.24, 2.45) is 0 Å². The predicted molar refractivity (Wildman–Crippen MR) is 262 cm³/mol. The highest BCUT2D eigenvalue weighted by Crippen LogP contribution is 2.32. The first kappa shape index (κ1) is 51.1. The van der Waals surface area contributed by atoms with E-state index < -0.39 is 16.1 Å². The van der Waals surface area contributed by atoms with Crippen molar-refractivity contribution in [1.82, 2.24) is 0 Å². The van der Waals surface area contributed by atoms with Crippen molar-refractivity contribution >= 4 is 67.5 Å². The Balaban J connectivity index is 0.00000104. The third-order valence-electron chi connectivity index (χ3n) is 8.28. The van der Waals surface area contributed by atoms with Crippen LogP contribution >= 0.6 is 39.5 Å². The number of hydrogen-bond donors (Lipinski definition) is 1. The number of ether oxygens (including phenoxy) is 2. The van der Waals surface area contributed by atoms with E-state index in [4.69, 9.17) is 17.3 Å². The fourth-order valence-corrected chi connectivity index (χ4v) is 9.09. The molecule has 0 bridgehead atoms. The molecule has 0 saturated carbocycles. The number of thioether (sulfide) groups is 2. The van der Waals surface area contributed by atoms with Gasteiger partial charge in [0.05, 0.1) is 30.9 Å². The summed E-state index contributed by atoms with van der Waals surface area (Å²) in [4.78, 5) is 28.0. The first-order valence-electron chi connectivity index (χ1n) is 21.3. The van der Waals surface area contributed by atoms with Gasteiger partial charge in [0.1, 0.15) is 0 Å². The van der Waals surface area contributed by atoms with Gasteiger partial charge in [-0.25, -0.2) is 9.59 Å². The molecule has 0 aliphatic carbocycles. The van der Waals surface area contributed by atoms with E-state index >= 15 is 0 Å². The molecular weight excluding hydrogens is 857 g/mol. The Morgan fingerprint density at radius 1 is 0.690 bits per heavy atom. The number of carbonyl (C=O) groups excluding carboxylic acids is 2. The highest BCUT2D eigenvalue weighted by Gasteiger charge is 2.22. The first-order valence-corrected chi connectivity index (χ1v) is 29.5. The molecule has 0 aromatic heterocycles. The lowest BCUT2D eigenvalue weighted by molar-refractivity contribution is 0.0513. The van der Waals surface area contributed by atoms with Crippen molar-refractivity contribution in [2.75, 3.05) is 19.8 Å². The second-order valence-electron chi connectivity index (χ2n) is 15.4. The normalized spacial score (nSPS) is 10.7. The molecule has 10 heteroatoms. The van der Waals surface area contributed by atoms with Crippen LogP contribution in [-0.4, -0.2) is 53.0 Å². The monoisotopic (exact) mass is 928 g/mol. The van der Waals surface area contributed by atoms with E-state index in [0.717, 1.165) is 55.0 Å². The fourth-order valence-electron chi connectivity index (χ4n) is 5.08. The van der Waals surface area contributed by atoms with Gasteiger partial charge < -0.3 is 14.6 Å². The fraction of sp³-hybridized carbons (Fsp3) is 0.417. The van der Waals surface area contributed by atoms with E-state index in [1.54, 1.807) is 23.5 Å². The van der Waals surface area contributed by atoms with Crippen molar-refractivity contribution in [2.45, 2.75) is 122 Å². The molecule has 5 nitrogen and oxygen atoms in total. The summed E-state index contributed by atoms with van der Waals surface area (Å²) in [5, 5.41) is 9.04. The van der Waals surface area contributed by atoms with Crippen molar-refractivity contribution in [3.63, 3.8) is 0 Å². The molecule has 0 heterocycles. The molecule has 0 amide bonds. The minimum atomic E-state index is -1.27. The molecule has 0 fully saturated rings. The molecule has 0 saturated heterocycles. The van der Waals surface area contributed by atoms with Crippen molar-refractivity contribution in [3.8, 4) is 11.8 Å². The number of benzene rings is 4. The zero-order valence-corrected chi connectivity index (χ0v) is 42.2. The average Bonchev–Trinajstić information content (AvgIpc) is 3.23. The van der Waals surface area contributed by atoms with Crippen LogP contribution in [0.1, 0.15) is 86.3 Å². The van der Waals surface area contributed by atoms with Gasteiger partial charge in [0.2, 0.25) is 0 Å². The summed E-state index contributed by atoms with van der Waals surface area (Å²) in [7, 11) is 0.0154. The number of halogens is 1. The third-order valence-corrected chi connectivity index (χ3v) is 14.5. The topological polar surface area (TPSA) is 72.8 Å². The molecule has 0 spiro atoms. The van der Waals surface area contributed by atoms with Gasteiger partial charge in [-0.3, -0.25) is 0 Å². The molecule has 4 aromatic carbocycles. The highest BCUT2D eigenvalue weighted by atomic mass is 79.9. The number of aliphatic hydroxyl groups excluding tert-OH is 1. The predicted octanol–water partition coefficient (Wildman–Crippen LogP) is 14.4. The van der Waals surface area contributed by atoms with Gasteiger partial charge in [-0.15, -0.1) is 23.5 Å². The summed E-state index contributed by atoms with van der Waals surface area (Å²) in [5.74, 6) is 6.99. The largest absolute Gasteiger partial charge is 0.462 e. The summed E-state index contributed by atoms with van der Waals surface area (Å²) >= 11 is 7.01.